The van der Waals surface area contributed by atoms with Crippen molar-refractivity contribution in [2.24, 2.45) is 12.8 Å². The molecular weight excluding hydrogens is 302 g/mol. The van der Waals surface area contributed by atoms with Crippen LogP contribution in [0, 0.1) is 5.41 Å². The zero-order valence-electron chi connectivity index (χ0n) is 9.01. The van der Waals surface area contributed by atoms with Crippen LogP contribution >= 0.6 is 27.7 Å². The lowest BCUT2D eigenvalue weighted by Gasteiger charge is -2.05. The van der Waals surface area contributed by atoms with E-state index in [2.05, 4.69) is 26.1 Å². The summed E-state index contributed by atoms with van der Waals surface area (Å²) in [6.07, 6.45) is 1.65. The smallest absolute Gasteiger partial charge is 0.195 e. The van der Waals surface area contributed by atoms with Crippen molar-refractivity contribution in [2.45, 2.75) is 10.1 Å². The van der Waals surface area contributed by atoms with Gasteiger partial charge in [0, 0.05) is 22.0 Å². The summed E-state index contributed by atoms with van der Waals surface area (Å²) in [5, 5.41) is 16.0. The third-order valence-corrected chi connectivity index (χ3v) is 4.16. The second-order valence-corrected chi connectivity index (χ2v) is 5.25. The van der Waals surface area contributed by atoms with Crippen LogP contribution < -0.4 is 5.73 Å². The number of nitrogens with zero attached hydrogens (tertiary/aromatic N) is 3. The molecule has 0 saturated heterocycles. The molecule has 17 heavy (non-hydrogen) atoms. The predicted molar refractivity (Wildman–Crippen MR) is 70.3 cm³/mol. The number of benzene rings is 1. The number of amidine groups is 1. The van der Waals surface area contributed by atoms with Gasteiger partial charge in [0.1, 0.15) is 12.2 Å². The lowest BCUT2D eigenvalue weighted by atomic mass is 10.2. The summed E-state index contributed by atoms with van der Waals surface area (Å²) in [6, 6.07) is 5.53. The summed E-state index contributed by atoms with van der Waals surface area (Å²) in [4.78, 5) is 1.01. The molecule has 0 fully saturated rings. The summed E-state index contributed by atoms with van der Waals surface area (Å²) < 4.78 is 2.73. The van der Waals surface area contributed by atoms with Gasteiger partial charge < -0.3 is 10.3 Å². The Bertz CT molecular complexity index is 566. The van der Waals surface area contributed by atoms with E-state index >= 15 is 0 Å². The maximum Gasteiger partial charge on any atom is 0.195 e. The highest BCUT2D eigenvalue weighted by atomic mass is 79.9. The number of nitrogens with one attached hydrogen (secondary N) is 1. The van der Waals surface area contributed by atoms with Crippen LogP contribution in [0.1, 0.15) is 5.56 Å². The first-order valence-corrected chi connectivity index (χ1v) is 6.34. The first kappa shape index (κ1) is 12.1. The molecule has 0 radical (unpaired) electrons. The minimum Gasteiger partial charge on any atom is -0.384 e. The molecule has 88 valence electrons. The molecule has 2 rings (SSSR count). The number of hydrogen-bond donors (Lipinski definition) is 2. The Morgan fingerprint density at radius 1 is 1.53 bits per heavy atom. The average Bonchev–Trinajstić information content (AvgIpc) is 2.67. The lowest BCUT2D eigenvalue weighted by Crippen LogP contribution is -2.10. The number of hydrogen-bond acceptors (Lipinski definition) is 4. The summed E-state index contributed by atoms with van der Waals surface area (Å²) in [7, 11) is 1.89. The first-order valence-electron chi connectivity index (χ1n) is 4.73. The standard InChI is InChI=1S/C10H10BrN5S/c1-16-5-14-15-10(16)17-8-3-2-6(9(12)13)4-7(8)11/h2-5H,1H3,(H3,12,13). The Balaban J connectivity index is 2.29. The highest BCUT2D eigenvalue weighted by molar-refractivity contribution is 9.10. The van der Waals surface area contributed by atoms with Crippen molar-refractivity contribution < 1.29 is 0 Å². The van der Waals surface area contributed by atoms with E-state index < -0.39 is 0 Å². The maximum atomic E-state index is 7.36. The molecule has 1 aromatic heterocycles. The predicted octanol–water partition coefficient (Wildman–Crippen LogP) is 2.01. The van der Waals surface area contributed by atoms with Crippen molar-refractivity contribution >= 4 is 33.5 Å². The van der Waals surface area contributed by atoms with E-state index in [1.807, 2.05) is 29.8 Å². The number of nitrogens with two attached hydrogens (primary N) is 1. The van der Waals surface area contributed by atoms with E-state index in [1.165, 1.54) is 11.8 Å². The fraction of sp³-hybridized carbons (Fsp3) is 0.100. The topological polar surface area (TPSA) is 80.6 Å². The Morgan fingerprint density at radius 2 is 2.29 bits per heavy atom. The number of aryl methyl sites for hydroxylation is 1. The third-order valence-electron chi connectivity index (χ3n) is 2.11. The molecule has 2 aromatic rings. The Kier molecular flexibility index (Phi) is 3.49. The van der Waals surface area contributed by atoms with Gasteiger partial charge in [-0.05, 0) is 39.8 Å². The van der Waals surface area contributed by atoms with Crippen LogP contribution in [0.25, 0.3) is 0 Å². The second-order valence-electron chi connectivity index (χ2n) is 3.39. The molecular formula is C10H10BrN5S. The van der Waals surface area contributed by atoms with Crippen LogP contribution in [0.3, 0.4) is 0 Å². The molecule has 0 spiro atoms. The SMILES string of the molecule is Cn1cnnc1Sc1ccc(C(=N)N)cc1Br. The molecule has 0 atom stereocenters. The van der Waals surface area contributed by atoms with E-state index in [4.69, 9.17) is 11.1 Å². The minimum absolute atomic E-state index is 0.0564. The highest BCUT2D eigenvalue weighted by Crippen LogP contribution is 2.32. The van der Waals surface area contributed by atoms with Gasteiger partial charge in [-0.2, -0.15) is 0 Å². The largest absolute Gasteiger partial charge is 0.384 e. The number of nitrogen functional groups attached to an aromatic ring is 1. The van der Waals surface area contributed by atoms with Crippen LogP contribution in [-0.2, 0) is 7.05 Å². The van der Waals surface area contributed by atoms with E-state index in [0.29, 0.717) is 5.56 Å². The Labute approximate surface area is 111 Å². The molecule has 1 heterocycles. The van der Waals surface area contributed by atoms with Crippen LogP contribution in [0.5, 0.6) is 0 Å². The Morgan fingerprint density at radius 3 is 2.82 bits per heavy atom. The van der Waals surface area contributed by atoms with Crippen molar-refractivity contribution in [3.05, 3.63) is 34.6 Å². The van der Waals surface area contributed by atoms with Gasteiger partial charge in [-0.3, -0.25) is 5.41 Å². The van der Waals surface area contributed by atoms with Gasteiger partial charge in [-0.1, -0.05) is 6.07 Å². The summed E-state index contributed by atoms with van der Waals surface area (Å²) in [5.41, 5.74) is 6.12. The Hall–Kier alpha value is -1.34. The van der Waals surface area contributed by atoms with Crippen molar-refractivity contribution in [2.75, 3.05) is 0 Å². The number of halogens is 1. The molecule has 3 N–H and O–H groups in total. The number of aromatic nitrogens is 3. The molecule has 0 aliphatic heterocycles. The van der Waals surface area contributed by atoms with E-state index in [1.54, 1.807) is 6.33 Å². The minimum atomic E-state index is 0.0564. The normalized spacial score (nSPS) is 10.5. The van der Waals surface area contributed by atoms with Crippen molar-refractivity contribution in [3.8, 4) is 0 Å². The maximum absolute atomic E-state index is 7.36. The van der Waals surface area contributed by atoms with Crippen LogP contribution in [0.15, 0.2) is 39.1 Å². The molecule has 0 aliphatic rings. The monoisotopic (exact) mass is 311 g/mol. The van der Waals surface area contributed by atoms with Crippen LogP contribution in [0.4, 0.5) is 0 Å². The van der Waals surface area contributed by atoms with Gasteiger partial charge in [0.2, 0.25) is 0 Å². The zero-order valence-corrected chi connectivity index (χ0v) is 11.4. The van der Waals surface area contributed by atoms with Crippen molar-refractivity contribution in [1.29, 1.82) is 5.41 Å². The van der Waals surface area contributed by atoms with Gasteiger partial charge in [-0.25, -0.2) is 0 Å². The molecule has 0 amide bonds. The lowest BCUT2D eigenvalue weighted by molar-refractivity contribution is 0.788. The quantitative estimate of drug-likeness (QED) is 0.671. The highest BCUT2D eigenvalue weighted by Gasteiger charge is 2.08. The van der Waals surface area contributed by atoms with E-state index in [9.17, 15) is 0 Å². The third kappa shape index (κ3) is 2.67. The molecule has 0 unspecified atom stereocenters. The summed E-state index contributed by atoms with van der Waals surface area (Å²) >= 11 is 4.95. The molecule has 7 heteroatoms. The van der Waals surface area contributed by atoms with Gasteiger partial charge in [0.25, 0.3) is 0 Å². The number of rotatable bonds is 3. The molecule has 0 bridgehead atoms. The van der Waals surface area contributed by atoms with Crippen molar-refractivity contribution in [3.63, 3.8) is 0 Å². The first-order chi connectivity index (χ1) is 8.08. The fourth-order valence-electron chi connectivity index (χ4n) is 1.21. The van der Waals surface area contributed by atoms with E-state index in [-0.39, 0.29) is 5.84 Å². The molecule has 5 nitrogen and oxygen atoms in total. The molecule has 1 aromatic carbocycles. The second kappa shape index (κ2) is 4.89. The average molecular weight is 312 g/mol. The van der Waals surface area contributed by atoms with E-state index in [0.717, 1.165) is 14.5 Å². The van der Waals surface area contributed by atoms with Crippen molar-refractivity contribution in [1.82, 2.24) is 14.8 Å². The van der Waals surface area contributed by atoms with Crippen LogP contribution in [-0.4, -0.2) is 20.6 Å². The van der Waals surface area contributed by atoms with Gasteiger partial charge in [-0.15, -0.1) is 10.2 Å². The van der Waals surface area contributed by atoms with Gasteiger partial charge in [0.05, 0.1) is 0 Å². The van der Waals surface area contributed by atoms with Gasteiger partial charge in [0.15, 0.2) is 5.16 Å². The molecule has 0 saturated carbocycles. The van der Waals surface area contributed by atoms with Crippen LogP contribution in [0.2, 0.25) is 0 Å². The van der Waals surface area contributed by atoms with Gasteiger partial charge >= 0.3 is 0 Å². The summed E-state index contributed by atoms with van der Waals surface area (Å²) in [6.45, 7) is 0. The molecule has 0 aliphatic carbocycles. The zero-order chi connectivity index (χ0) is 12.4. The fourth-order valence-corrected chi connectivity index (χ4v) is 2.60. The summed E-state index contributed by atoms with van der Waals surface area (Å²) in [5.74, 6) is 0.0564.